The molecule has 0 saturated heterocycles. The van der Waals surface area contributed by atoms with E-state index in [9.17, 15) is 4.39 Å². The SMILES string of the molecule is CCCCOC(C)(C)c1ccc(C(C)(C)C)cc1F. The van der Waals surface area contributed by atoms with Crippen molar-refractivity contribution in [3.63, 3.8) is 0 Å². The van der Waals surface area contributed by atoms with E-state index in [0.29, 0.717) is 12.2 Å². The van der Waals surface area contributed by atoms with Gasteiger partial charge < -0.3 is 4.74 Å². The van der Waals surface area contributed by atoms with Crippen LogP contribution in [0.5, 0.6) is 0 Å². The highest BCUT2D eigenvalue weighted by molar-refractivity contribution is 5.31. The number of unbranched alkanes of at least 4 members (excludes halogenated alkanes) is 1. The van der Waals surface area contributed by atoms with E-state index in [4.69, 9.17) is 4.74 Å². The van der Waals surface area contributed by atoms with Gasteiger partial charge in [0.15, 0.2) is 0 Å². The second-order valence-electron chi connectivity index (χ2n) is 6.66. The monoisotopic (exact) mass is 266 g/mol. The van der Waals surface area contributed by atoms with Crippen molar-refractivity contribution in [3.8, 4) is 0 Å². The molecule has 0 bridgehead atoms. The Kier molecular flexibility index (Phi) is 5.14. The topological polar surface area (TPSA) is 9.23 Å². The number of benzene rings is 1. The predicted octanol–water partition coefficient (Wildman–Crippen LogP) is 5.18. The van der Waals surface area contributed by atoms with Gasteiger partial charge in [0, 0.05) is 12.2 Å². The van der Waals surface area contributed by atoms with Crippen molar-refractivity contribution in [3.05, 3.63) is 35.1 Å². The quantitative estimate of drug-likeness (QED) is 0.668. The summed E-state index contributed by atoms with van der Waals surface area (Å²) in [5.41, 5.74) is 1.04. The zero-order valence-electron chi connectivity index (χ0n) is 13.1. The van der Waals surface area contributed by atoms with Crippen LogP contribution in [0.4, 0.5) is 4.39 Å². The summed E-state index contributed by atoms with van der Waals surface area (Å²) in [4.78, 5) is 0. The third-order valence-corrected chi connectivity index (χ3v) is 3.44. The van der Waals surface area contributed by atoms with Gasteiger partial charge in [0.25, 0.3) is 0 Å². The third kappa shape index (κ3) is 4.31. The average Bonchev–Trinajstić information content (AvgIpc) is 2.27. The lowest BCUT2D eigenvalue weighted by molar-refractivity contribution is -0.0253. The van der Waals surface area contributed by atoms with E-state index in [0.717, 1.165) is 18.4 Å². The molecule has 0 spiro atoms. The maximum absolute atomic E-state index is 14.3. The van der Waals surface area contributed by atoms with Crippen LogP contribution in [0.15, 0.2) is 18.2 Å². The predicted molar refractivity (Wildman–Crippen MR) is 79.0 cm³/mol. The van der Waals surface area contributed by atoms with E-state index in [1.54, 1.807) is 6.07 Å². The van der Waals surface area contributed by atoms with Crippen LogP contribution in [-0.4, -0.2) is 6.61 Å². The van der Waals surface area contributed by atoms with E-state index < -0.39 is 5.60 Å². The number of halogens is 1. The highest BCUT2D eigenvalue weighted by Crippen LogP contribution is 2.31. The Hall–Kier alpha value is -0.890. The smallest absolute Gasteiger partial charge is 0.129 e. The Morgan fingerprint density at radius 2 is 1.74 bits per heavy atom. The molecule has 0 fully saturated rings. The number of hydrogen-bond donors (Lipinski definition) is 0. The van der Waals surface area contributed by atoms with Gasteiger partial charge >= 0.3 is 0 Å². The minimum atomic E-state index is -0.574. The fourth-order valence-corrected chi connectivity index (χ4v) is 2.02. The van der Waals surface area contributed by atoms with Crippen LogP contribution in [0.1, 0.15) is 65.5 Å². The van der Waals surface area contributed by atoms with E-state index in [1.807, 2.05) is 26.0 Å². The van der Waals surface area contributed by atoms with Crippen LogP contribution < -0.4 is 0 Å². The summed E-state index contributed by atoms with van der Waals surface area (Å²) in [5.74, 6) is -0.172. The molecule has 0 unspecified atom stereocenters. The van der Waals surface area contributed by atoms with Gasteiger partial charge in [-0.05, 0) is 37.3 Å². The van der Waals surface area contributed by atoms with Gasteiger partial charge in [0.05, 0.1) is 5.60 Å². The molecule has 1 rings (SSSR count). The molecule has 0 N–H and O–H groups in total. The summed E-state index contributed by atoms with van der Waals surface area (Å²) in [6.45, 7) is 12.9. The molecular formula is C17H27FO. The maximum atomic E-state index is 14.3. The summed E-state index contributed by atoms with van der Waals surface area (Å²) >= 11 is 0. The van der Waals surface area contributed by atoms with Crippen LogP contribution in [0.25, 0.3) is 0 Å². The van der Waals surface area contributed by atoms with E-state index >= 15 is 0 Å². The minimum Gasteiger partial charge on any atom is -0.371 e. The molecule has 0 saturated carbocycles. The Balaban J connectivity index is 2.95. The molecule has 1 aromatic rings. The Morgan fingerprint density at radius 3 is 2.21 bits per heavy atom. The van der Waals surface area contributed by atoms with E-state index in [2.05, 4.69) is 27.7 Å². The molecule has 0 aliphatic rings. The van der Waals surface area contributed by atoms with E-state index in [-0.39, 0.29) is 11.2 Å². The molecule has 108 valence electrons. The van der Waals surface area contributed by atoms with Crippen molar-refractivity contribution in [2.24, 2.45) is 0 Å². The summed E-state index contributed by atoms with van der Waals surface area (Å²) in [6, 6.07) is 5.51. The summed E-state index contributed by atoms with van der Waals surface area (Å²) < 4.78 is 20.1. The van der Waals surface area contributed by atoms with Crippen molar-refractivity contribution in [1.82, 2.24) is 0 Å². The van der Waals surface area contributed by atoms with Crippen LogP contribution in [0, 0.1) is 5.82 Å². The zero-order valence-corrected chi connectivity index (χ0v) is 13.1. The third-order valence-electron chi connectivity index (χ3n) is 3.44. The van der Waals surface area contributed by atoms with Crippen LogP contribution >= 0.6 is 0 Å². The summed E-state index contributed by atoms with van der Waals surface area (Å²) in [5, 5.41) is 0. The molecule has 0 amide bonds. The molecule has 1 nitrogen and oxygen atoms in total. The van der Waals surface area contributed by atoms with Gasteiger partial charge in [0.2, 0.25) is 0 Å². The van der Waals surface area contributed by atoms with Crippen LogP contribution in [0.3, 0.4) is 0 Å². The molecule has 0 aliphatic heterocycles. The van der Waals surface area contributed by atoms with Gasteiger partial charge in [-0.1, -0.05) is 46.2 Å². The first-order valence-electron chi connectivity index (χ1n) is 7.13. The van der Waals surface area contributed by atoms with Crippen molar-refractivity contribution in [1.29, 1.82) is 0 Å². The summed E-state index contributed by atoms with van der Waals surface area (Å²) in [6.07, 6.45) is 2.09. The number of hydrogen-bond acceptors (Lipinski definition) is 1. The first kappa shape index (κ1) is 16.2. The summed E-state index contributed by atoms with van der Waals surface area (Å²) in [7, 11) is 0. The standard InChI is InChI=1S/C17H27FO/c1-7-8-11-19-17(5,6)14-10-9-13(12-15(14)18)16(2,3)4/h9-10,12H,7-8,11H2,1-6H3. The van der Waals surface area contributed by atoms with Crippen molar-refractivity contribution < 1.29 is 9.13 Å². The Labute approximate surface area is 117 Å². The number of rotatable bonds is 5. The molecule has 0 aromatic heterocycles. The normalized spacial score (nSPS) is 12.8. The lowest BCUT2D eigenvalue weighted by atomic mass is 9.85. The molecule has 19 heavy (non-hydrogen) atoms. The van der Waals surface area contributed by atoms with Gasteiger partial charge in [-0.2, -0.15) is 0 Å². The highest BCUT2D eigenvalue weighted by Gasteiger charge is 2.26. The lowest BCUT2D eigenvalue weighted by Gasteiger charge is -2.28. The van der Waals surface area contributed by atoms with Crippen molar-refractivity contribution >= 4 is 0 Å². The molecule has 0 aliphatic carbocycles. The van der Waals surface area contributed by atoms with Gasteiger partial charge in [0.1, 0.15) is 5.82 Å². The van der Waals surface area contributed by atoms with Gasteiger partial charge in [-0.25, -0.2) is 4.39 Å². The van der Waals surface area contributed by atoms with E-state index in [1.165, 1.54) is 0 Å². The lowest BCUT2D eigenvalue weighted by Crippen LogP contribution is -2.24. The zero-order chi connectivity index (χ0) is 14.7. The first-order chi connectivity index (χ1) is 8.68. The minimum absolute atomic E-state index is 0.0351. The molecule has 0 radical (unpaired) electrons. The van der Waals surface area contributed by atoms with Gasteiger partial charge in [-0.15, -0.1) is 0 Å². The highest BCUT2D eigenvalue weighted by atomic mass is 19.1. The van der Waals surface area contributed by atoms with Gasteiger partial charge in [-0.3, -0.25) is 0 Å². The van der Waals surface area contributed by atoms with Crippen LogP contribution in [0.2, 0.25) is 0 Å². The van der Waals surface area contributed by atoms with Crippen LogP contribution in [-0.2, 0) is 15.8 Å². The molecule has 1 aromatic carbocycles. The second-order valence-corrected chi connectivity index (χ2v) is 6.66. The molecule has 2 heteroatoms. The largest absolute Gasteiger partial charge is 0.371 e. The average molecular weight is 266 g/mol. The molecule has 0 heterocycles. The van der Waals surface area contributed by atoms with Crippen molar-refractivity contribution in [2.75, 3.05) is 6.61 Å². The molecule has 0 atom stereocenters. The Morgan fingerprint density at radius 1 is 1.11 bits per heavy atom. The fraction of sp³-hybridized carbons (Fsp3) is 0.647. The Bertz CT molecular complexity index is 416. The van der Waals surface area contributed by atoms with Crippen molar-refractivity contribution in [2.45, 2.75) is 65.4 Å². The first-order valence-corrected chi connectivity index (χ1v) is 7.13. The maximum Gasteiger partial charge on any atom is 0.129 e. The second kappa shape index (κ2) is 6.04. The fourth-order valence-electron chi connectivity index (χ4n) is 2.02. The number of ether oxygens (including phenoxy) is 1. The molecular weight excluding hydrogens is 239 g/mol.